The number of pyridine rings is 2. The van der Waals surface area contributed by atoms with Gasteiger partial charge < -0.3 is 5.32 Å². The lowest BCUT2D eigenvalue weighted by molar-refractivity contribution is 0.624. The van der Waals surface area contributed by atoms with Crippen LogP contribution >= 0.6 is 0 Å². The molecule has 8 heteroatoms. The maximum atomic E-state index is 14.1. The molecule has 0 amide bonds. The fourth-order valence-electron chi connectivity index (χ4n) is 2.69. The van der Waals surface area contributed by atoms with E-state index in [1.807, 2.05) is 19.1 Å². The Labute approximate surface area is 147 Å². The maximum Gasteiger partial charge on any atom is 0.266 e. The third-order valence-corrected chi connectivity index (χ3v) is 3.98. The van der Waals surface area contributed by atoms with Gasteiger partial charge in [-0.05, 0) is 36.8 Å². The molecule has 0 aromatic carbocycles. The predicted octanol–water partition coefficient (Wildman–Crippen LogP) is 2.68. The van der Waals surface area contributed by atoms with Crippen molar-refractivity contribution in [3.8, 4) is 11.1 Å². The zero-order chi connectivity index (χ0) is 18.3. The molecular weight excluding hydrogens is 335 g/mol. The number of anilines is 2. The minimum Gasteiger partial charge on any atom is -0.322 e. The lowest BCUT2D eigenvalue weighted by atomic mass is 10.1. The van der Waals surface area contributed by atoms with Crippen LogP contribution in [0, 0.1) is 12.7 Å². The molecule has 0 unspecified atom stereocenters. The van der Waals surface area contributed by atoms with E-state index >= 15 is 0 Å². The highest BCUT2D eigenvalue weighted by molar-refractivity contribution is 5.71. The highest BCUT2D eigenvalue weighted by Crippen LogP contribution is 2.25. The van der Waals surface area contributed by atoms with Crippen LogP contribution in [0.25, 0.3) is 16.6 Å². The predicted molar refractivity (Wildman–Crippen MR) is 95.9 cm³/mol. The number of hydrogen-bond donors (Lipinski definition) is 1. The molecule has 4 aromatic rings. The second kappa shape index (κ2) is 6.07. The van der Waals surface area contributed by atoms with Crippen LogP contribution in [0.5, 0.6) is 0 Å². The van der Waals surface area contributed by atoms with Gasteiger partial charge in [-0.25, -0.2) is 13.6 Å². The van der Waals surface area contributed by atoms with Crippen LogP contribution < -0.4 is 10.9 Å². The molecule has 0 atom stereocenters. The highest BCUT2D eigenvalue weighted by Gasteiger charge is 2.09. The third-order valence-electron chi connectivity index (χ3n) is 3.98. The van der Waals surface area contributed by atoms with Gasteiger partial charge in [-0.2, -0.15) is 10.2 Å². The minimum absolute atomic E-state index is 0.190. The number of aromatic nitrogens is 5. The van der Waals surface area contributed by atoms with Gasteiger partial charge in [-0.3, -0.25) is 9.78 Å². The van der Waals surface area contributed by atoms with Crippen molar-refractivity contribution in [2.24, 2.45) is 7.05 Å². The van der Waals surface area contributed by atoms with Gasteiger partial charge in [0, 0.05) is 36.6 Å². The van der Waals surface area contributed by atoms with E-state index < -0.39 is 0 Å². The van der Waals surface area contributed by atoms with Crippen LogP contribution in [0.4, 0.5) is 16.0 Å². The van der Waals surface area contributed by atoms with Gasteiger partial charge in [0.1, 0.15) is 5.82 Å². The zero-order valence-corrected chi connectivity index (χ0v) is 14.1. The normalized spacial score (nSPS) is 11.0. The molecule has 0 saturated heterocycles. The number of hydrogen-bond acceptors (Lipinski definition) is 5. The van der Waals surface area contributed by atoms with Gasteiger partial charge in [0.15, 0.2) is 11.6 Å². The zero-order valence-electron chi connectivity index (χ0n) is 14.1. The molecule has 0 saturated carbocycles. The Hall–Kier alpha value is -3.55. The first kappa shape index (κ1) is 15.9. The van der Waals surface area contributed by atoms with Crippen LogP contribution in [0.2, 0.25) is 0 Å². The van der Waals surface area contributed by atoms with Gasteiger partial charge in [0.05, 0.1) is 11.7 Å². The Balaban J connectivity index is 1.70. The summed E-state index contributed by atoms with van der Waals surface area (Å²) in [5.74, 6) is 0.707. The molecule has 7 nitrogen and oxygen atoms in total. The number of rotatable bonds is 3. The van der Waals surface area contributed by atoms with E-state index in [4.69, 9.17) is 0 Å². The molecule has 130 valence electrons. The van der Waals surface area contributed by atoms with Gasteiger partial charge in [0.25, 0.3) is 5.56 Å². The Morgan fingerprint density at radius 2 is 1.92 bits per heavy atom. The largest absolute Gasteiger partial charge is 0.322 e. The van der Waals surface area contributed by atoms with E-state index in [1.165, 1.54) is 16.9 Å². The summed E-state index contributed by atoms with van der Waals surface area (Å²) in [7, 11) is 1.58. The van der Waals surface area contributed by atoms with Crippen molar-refractivity contribution in [1.29, 1.82) is 0 Å². The summed E-state index contributed by atoms with van der Waals surface area (Å²) in [6, 6.07) is 10.2. The first-order valence-electron chi connectivity index (χ1n) is 7.93. The topological polar surface area (TPSA) is 77.1 Å². The summed E-state index contributed by atoms with van der Waals surface area (Å²) in [4.78, 5) is 15.4. The lowest BCUT2D eigenvalue weighted by Gasteiger charge is -2.04. The Morgan fingerprint density at radius 1 is 1.08 bits per heavy atom. The monoisotopic (exact) mass is 350 g/mol. The Morgan fingerprint density at radius 3 is 2.73 bits per heavy atom. The fourth-order valence-corrected chi connectivity index (χ4v) is 2.69. The Bertz CT molecular complexity index is 1180. The van der Waals surface area contributed by atoms with Gasteiger partial charge in [-0.1, -0.05) is 0 Å². The van der Waals surface area contributed by atoms with Gasteiger partial charge in [0.2, 0.25) is 0 Å². The quantitative estimate of drug-likeness (QED) is 0.615. The summed E-state index contributed by atoms with van der Waals surface area (Å²) in [6.45, 7) is 1.82. The molecule has 4 heterocycles. The number of nitrogens with one attached hydrogen (secondary N) is 1. The fraction of sp³-hybridized carbons (Fsp3) is 0.111. The van der Waals surface area contributed by atoms with Gasteiger partial charge >= 0.3 is 0 Å². The Kier molecular flexibility index (Phi) is 3.72. The molecule has 0 fully saturated rings. The molecule has 0 aliphatic rings. The average molecular weight is 350 g/mol. The molecule has 0 bridgehead atoms. The molecule has 0 radical (unpaired) electrons. The SMILES string of the molecule is Cc1cc(-c2ccn3nc(Nc4ccc(=O)n(C)n4)cc3c2)c(F)cn1. The number of aryl methyl sites for hydroxylation is 2. The highest BCUT2D eigenvalue weighted by atomic mass is 19.1. The smallest absolute Gasteiger partial charge is 0.266 e. The van der Waals surface area contributed by atoms with E-state index in [0.717, 1.165) is 16.8 Å². The van der Waals surface area contributed by atoms with Crippen LogP contribution in [-0.2, 0) is 7.05 Å². The molecule has 4 aromatic heterocycles. The molecule has 0 aliphatic heterocycles. The second-order valence-electron chi connectivity index (χ2n) is 5.93. The van der Waals surface area contributed by atoms with E-state index in [2.05, 4.69) is 20.5 Å². The maximum absolute atomic E-state index is 14.1. The molecule has 0 spiro atoms. The van der Waals surface area contributed by atoms with E-state index in [-0.39, 0.29) is 11.4 Å². The summed E-state index contributed by atoms with van der Waals surface area (Å²) in [5, 5.41) is 11.6. The van der Waals surface area contributed by atoms with Crippen molar-refractivity contribution in [3.63, 3.8) is 0 Å². The van der Waals surface area contributed by atoms with Crippen molar-refractivity contribution in [3.05, 3.63) is 70.7 Å². The first-order chi connectivity index (χ1) is 12.5. The minimum atomic E-state index is -0.368. The summed E-state index contributed by atoms with van der Waals surface area (Å²) < 4.78 is 17.0. The van der Waals surface area contributed by atoms with Crippen molar-refractivity contribution < 1.29 is 4.39 Å². The van der Waals surface area contributed by atoms with Crippen LogP contribution in [0.1, 0.15) is 5.69 Å². The van der Waals surface area contributed by atoms with E-state index in [0.29, 0.717) is 17.2 Å². The number of halogens is 1. The molecule has 4 rings (SSSR count). The van der Waals surface area contributed by atoms with Crippen LogP contribution in [0.15, 0.2) is 53.6 Å². The van der Waals surface area contributed by atoms with Crippen molar-refractivity contribution in [1.82, 2.24) is 24.4 Å². The molecule has 0 aliphatic carbocycles. The van der Waals surface area contributed by atoms with E-state index in [1.54, 1.807) is 36.0 Å². The van der Waals surface area contributed by atoms with Crippen molar-refractivity contribution in [2.45, 2.75) is 6.92 Å². The average Bonchev–Trinajstić information content (AvgIpc) is 3.01. The molecule has 1 N–H and O–H groups in total. The summed E-state index contributed by atoms with van der Waals surface area (Å²) in [5.41, 5.74) is 2.59. The van der Waals surface area contributed by atoms with Crippen LogP contribution in [0.3, 0.4) is 0 Å². The molecule has 26 heavy (non-hydrogen) atoms. The number of fused-ring (bicyclic) bond motifs is 1. The third kappa shape index (κ3) is 2.92. The summed E-state index contributed by atoms with van der Waals surface area (Å²) >= 11 is 0. The van der Waals surface area contributed by atoms with Crippen LogP contribution in [-0.4, -0.2) is 24.4 Å². The van der Waals surface area contributed by atoms with Crippen molar-refractivity contribution in [2.75, 3.05) is 5.32 Å². The van der Waals surface area contributed by atoms with Gasteiger partial charge in [-0.15, -0.1) is 0 Å². The van der Waals surface area contributed by atoms with E-state index in [9.17, 15) is 9.18 Å². The summed E-state index contributed by atoms with van der Waals surface area (Å²) in [6.07, 6.45) is 2.99. The number of nitrogens with zero attached hydrogens (tertiary/aromatic N) is 5. The van der Waals surface area contributed by atoms with Crippen molar-refractivity contribution >= 4 is 17.2 Å². The first-order valence-corrected chi connectivity index (χ1v) is 7.93. The molecular formula is C18H15FN6O. The lowest BCUT2D eigenvalue weighted by Crippen LogP contribution is -2.18. The second-order valence-corrected chi connectivity index (χ2v) is 5.93. The standard InChI is InChI=1S/C18H15FN6O/c1-11-7-14(15(19)10-20-11)12-5-6-25-13(8-12)9-17(23-25)21-16-3-4-18(26)24(2)22-16/h3-10H,1-2H3,(H,21,22,23).